The topological polar surface area (TPSA) is 84.0 Å². The van der Waals surface area contributed by atoms with Gasteiger partial charge in [-0.25, -0.2) is 0 Å². The molecule has 0 radical (unpaired) electrons. The Labute approximate surface area is 133 Å². The normalized spacial score (nSPS) is 10.3. The highest BCUT2D eigenvalue weighted by molar-refractivity contribution is 7.15. The fourth-order valence-corrected chi connectivity index (χ4v) is 2.58. The number of anilines is 1. The zero-order valence-corrected chi connectivity index (χ0v) is 13.4. The summed E-state index contributed by atoms with van der Waals surface area (Å²) in [5, 5.41) is 14.6. The van der Waals surface area contributed by atoms with Gasteiger partial charge in [-0.05, 0) is 12.5 Å². The van der Waals surface area contributed by atoms with Gasteiger partial charge in [-0.2, -0.15) is 0 Å². The second kappa shape index (κ2) is 7.65. The summed E-state index contributed by atoms with van der Waals surface area (Å²) in [6.45, 7) is 3.78. The van der Waals surface area contributed by atoms with E-state index in [4.69, 9.17) is 0 Å². The first kappa shape index (κ1) is 16.1. The summed E-state index contributed by atoms with van der Waals surface area (Å²) in [5.74, 6) is -0.337. The average Bonchev–Trinajstić information content (AvgIpc) is 2.88. The van der Waals surface area contributed by atoms with Crippen LogP contribution >= 0.6 is 11.3 Å². The van der Waals surface area contributed by atoms with Gasteiger partial charge in [0.1, 0.15) is 5.01 Å². The van der Waals surface area contributed by atoms with Crippen LogP contribution in [-0.2, 0) is 16.0 Å². The molecule has 116 valence electrons. The second-order valence-electron chi connectivity index (χ2n) is 4.94. The molecule has 0 spiro atoms. The number of aryl methyl sites for hydroxylation is 1. The van der Waals surface area contributed by atoms with Crippen molar-refractivity contribution in [2.24, 2.45) is 0 Å². The van der Waals surface area contributed by atoms with Crippen molar-refractivity contribution in [3.63, 3.8) is 0 Å². The van der Waals surface area contributed by atoms with Crippen molar-refractivity contribution in [1.82, 2.24) is 15.5 Å². The number of nitrogens with one attached hydrogen (secondary N) is 2. The molecule has 22 heavy (non-hydrogen) atoms. The van der Waals surface area contributed by atoms with Crippen LogP contribution in [0.5, 0.6) is 0 Å². The molecule has 1 aromatic heterocycles. The Hall–Kier alpha value is -2.28. The van der Waals surface area contributed by atoms with Gasteiger partial charge in [0.25, 0.3) is 0 Å². The molecule has 0 aliphatic heterocycles. The summed E-state index contributed by atoms with van der Waals surface area (Å²) < 4.78 is 0. The fraction of sp³-hybridized carbons (Fsp3) is 0.333. The van der Waals surface area contributed by atoms with E-state index in [1.165, 1.54) is 23.8 Å². The lowest BCUT2D eigenvalue weighted by molar-refractivity contribution is -0.119. The Bertz CT molecular complexity index is 652. The number of aromatic nitrogens is 2. The van der Waals surface area contributed by atoms with Gasteiger partial charge in [0.2, 0.25) is 16.9 Å². The summed E-state index contributed by atoms with van der Waals surface area (Å²) in [5.41, 5.74) is 2.37. The minimum Gasteiger partial charge on any atom is -0.356 e. The van der Waals surface area contributed by atoms with Crippen molar-refractivity contribution < 1.29 is 9.59 Å². The molecule has 0 bridgehead atoms. The van der Waals surface area contributed by atoms with Gasteiger partial charge in [0.15, 0.2) is 0 Å². The summed E-state index contributed by atoms with van der Waals surface area (Å²) >= 11 is 1.36. The smallest absolute Gasteiger partial charge is 0.227 e. The number of hydrogen-bond donors (Lipinski definition) is 2. The largest absolute Gasteiger partial charge is 0.356 e. The molecule has 2 aromatic rings. The van der Waals surface area contributed by atoms with Crippen molar-refractivity contribution in [3.05, 3.63) is 40.4 Å². The molecule has 2 amide bonds. The summed E-state index contributed by atoms with van der Waals surface area (Å²) in [6.07, 6.45) is 0.909. The lowest BCUT2D eigenvalue weighted by Gasteiger charge is -2.01. The van der Waals surface area contributed by atoms with Gasteiger partial charge >= 0.3 is 0 Å². The lowest BCUT2D eigenvalue weighted by Crippen LogP contribution is -2.25. The number of rotatable bonds is 6. The van der Waals surface area contributed by atoms with E-state index in [0.29, 0.717) is 18.1 Å². The van der Waals surface area contributed by atoms with E-state index in [1.807, 2.05) is 6.92 Å². The third-order valence-corrected chi connectivity index (χ3v) is 3.75. The Morgan fingerprint density at radius 2 is 1.91 bits per heavy atom. The first-order valence-corrected chi connectivity index (χ1v) is 7.77. The highest BCUT2D eigenvalue weighted by Gasteiger charge is 2.09. The molecule has 0 saturated carbocycles. The molecule has 6 nitrogen and oxygen atoms in total. The number of carbonyl (C=O) groups excluding carboxylic acids is 2. The quantitative estimate of drug-likeness (QED) is 0.852. The van der Waals surface area contributed by atoms with E-state index in [1.54, 1.807) is 0 Å². The SMILES string of the molecule is CC(=O)NCCC(=O)Nc1nnc(Cc2ccc(C)cc2)s1. The maximum atomic E-state index is 11.7. The van der Waals surface area contributed by atoms with E-state index in [2.05, 4.69) is 45.1 Å². The van der Waals surface area contributed by atoms with Crippen molar-refractivity contribution in [2.45, 2.75) is 26.7 Å². The first-order chi connectivity index (χ1) is 10.5. The minimum atomic E-state index is -0.188. The van der Waals surface area contributed by atoms with Gasteiger partial charge in [0.05, 0.1) is 0 Å². The lowest BCUT2D eigenvalue weighted by atomic mass is 10.1. The Morgan fingerprint density at radius 1 is 1.18 bits per heavy atom. The fourth-order valence-electron chi connectivity index (χ4n) is 1.79. The number of hydrogen-bond acceptors (Lipinski definition) is 5. The van der Waals surface area contributed by atoms with Crippen molar-refractivity contribution in [3.8, 4) is 0 Å². The molecule has 1 heterocycles. The van der Waals surface area contributed by atoms with Crippen LogP contribution in [0.25, 0.3) is 0 Å². The number of carbonyl (C=O) groups is 2. The molecule has 2 N–H and O–H groups in total. The van der Waals surface area contributed by atoms with Crippen molar-refractivity contribution in [2.75, 3.05) is 11.9 Å². The Kier molecular flexibility index (Phi) is 5.60. The van der Waals surface area contributed by atoms with Gasteiger partial charge in [0, 0.05) is 26.3 Å². The minimum absolute atomic E-state index is 0.149. The molecule has 0 unspecified atom stereocenters. The number of benzene rings is 1. The molecule has 0 fully saturated rings. The average molecular weight is 318 g/mol. The van der Waals surface area contributed by atoms with Crippen LogP contribution in [0.4, 0.5) is 5.13 Å². The zero-order valence-electron chi connectivity index (χ0n) is 12.5. The van der Waals surface area contributed by atoms with Crippen molar-refractivity contribution in [1.29, 1.82) is 0 Å². The van der Waals surface area contributed by atoms with Crippen LogP contribution < -0.4 is 10.6 Å². The molecular weight excluding hydrogens is 300 g/mol. The van der Waals surface area contributed by atoms with E-state index in [0.717, 1.165) is 10.6 Å². The van der Waals surface area contributed by atoms with Gasteiger partial charge < -0.3 is 10.6 Å². The van der Waals surface area contributed by atoms with Crippen LogP contribution in [0.1, 0.15) is 29.5 Å². The monoisotopic (exact) mass is 318 g/mol. The second-order valence-corrected chi connectivity index (χ2v) is 6.01. The van der Waals surface area contributed by atoms with Crippen LogP contribution in [0, 0.1) is 6.92 Å². The van der Waals surface area contributed by atoms with Gasteiger partial charge in [-0.3, -0.25) is 9.59 Å². The van der Waals surface area contributed by atoms with E-state index in [9.17, 15) is 9.59 Å². The van der Waals surface area contributed by atoms with Crippen LogP contribution in [0.3, 0.4) is 0 Å². The van der Waals surface area contributed by atoms with Crippen LogP contribution in [0.2, 0.25) is 0 Å². The summed E-state index contributed by atoms with van der Waals surface area (Å²) in [7, 11) is 0. The maximum absolute atomic E-state index is 11.7. The molecule has 0 saturated heterocycles. The predicted molar refractivity (Wildman–Crippen MR) is 85.8 cm³/mol. The molecular formula is C15H18N4O2S. The predicted octanol–water partition coefficient (Wildman–Crippen LogP) is 1.90. The van der Waals surface area contributed by atoms with Crippen LogP contribution in [-0.4, -0.2) is 28.6 Å². The summed E-state index contributed by atoms with van der Waals surface area (Å²) in [6, 6.07) is 8.23. The molecule has 1 aromatic carbocycles. The third kappa shape index (κ3) is 5.25. The first-order valence-electron chi connectivity index (χ1n) is 6.95. The third-order valence-electron chi connectivity index (χ3n) is 2.92. The maximum Gasteiger partial charge on any atom is 0.227 e. The van der Waals surface area contributed by atoms with Crippen molar-refractivity contribution >= 4 is 28.3 Å². The molecule has 0 atom stereocenters. The molecule has 0 aliphatic carbocycles. The number of amides is 2. The van der Waals surface area contributed by atoms with E-state index >= 15 is 0 Å². The van der Waals surface area contributed by atoms with Gasteiger partial charge in [-0.15, -0.1) is 10.2 Å². The number of nitrogens with zero attached hydrogens (tertiary/aromatic N) is 2. The van der Waals surface area contributed by atoms with Crippen LogP contribution in [0.15, 0.2) is 24.3 Å². The van der Waals surface area contributed by atoms with Gasteiger partial charge in [-0.1, -0.05) is 41.2 Å². The zero-order chi connectivity index (χ0) is 15.9. The summed E-state index contributed by atoms with van der Waals surface area (Å²) in [4.78, 5) is 22.4. The molecule has 2 rings (SSSR count). The Balaban J connectivity index is 1.84. The molecule has 7 heteroatoms. The highest BCUT2D eigenvalue weighted by Crippen LogP contribution is 2.18. The van der Waals surface area contributed by atoms with E-state index < -0.39 is 0 Å². The Morgan fingerprint density at radius 3 is 2.59 bits per heavy atom. The standard InChI is InChI=1S/C15H18N4O2S/c1-10-3-5-12(6-4-10)9-14-18-19-15(22-14)17-13(21)7-8-16-11(2)20/h3-6H,7-9H2,1-2H3,(H,16,20)(H,17,19,21). The van der Waals surface area contributed by atoms with E-state index in [-0.39, 0.29) is 18.2 Å². The molecule has 0 aliphatic rings. The highest BCUT2D eigenvalue weighted by atomic mass is 32.1.